The summed E-state index contributed by atoms with van der Waals surface area (Å²) >= 11 is 0. The van der Waals surface area contributed by atoms with Gasteiger partial charge in [0.1, 0.15) is 5.75 Å². The number of benzene rings is 2. The zero-order valence-electron chi connectivity index (χ0n) is 14.3. The number of alkyl halides is 3. The molecule has 0 aliphatic carbocycles. The second kappa shape index (κ2) is 7.53. The van der Waals surface area contributed by atoms with Gasteiger partial charge in [-0.25, -0.2) is 4.79 Å². The summed E-state index contributed by atoms with van der Waals surface area (Å²) in [5, 5.41) is 6.73. The zero-order chi connectivity index (χ0) is 19.4. The maximum atomic E-state index is 12.8. The van der Waals surface area contributed by atoms with Crippen LogP contribution in [0.25, 0.3) is 0 Å². The van der Waals surface area contributed by atoms with Gasteiger partial charge in [0.15, 0.2) is 0 Å². The molecule has 0 bridgehead atoms. The van der Waals surface area contributed by atoms with Crippen LogP contribution in [0.1, 0.15) is 16.8 Å². The molecule has 3 rings (SSSR count). The van der Waals surface area contributed by atoms with Gasteiger partial charge in [-0.1, -0.05) is 36.4 Å². The number of carbonyl (C=O) groups excluding carboxylic acids is 1. The molecule has 27 heavy (non-hydrogen) atoms. The van der Waals surface area contributed by atoms with E-state index in [-0.39, 0.29) is 11.6 Å². The fourth-order valence-corrected chi connectivity index (χ4v) is 2.41. The third kappa shape index (κ3) is 4.66. The van der Waals surface area contributed by atoms with Gasteiger partial charge in [0.05, 0.1) is 11.3 Å². The van der Waals surface area contributed by atoms with Crippen LogP contribution in [0.3, 0.4) is 0 Å². The topological polar surface area (TPSA) is 56.2 Å². The van der Waals surface area contributed by atoms with E-state index in [1.807, 2.05) is 30.3 Å². The molecule has 1 heterocycles. The second-order valence-electron chi connectivity index (χ2n) is 5.81. The molecule has 0 saturated heterocycles. The number of rotatable bonds is 4. The number of aromatic nitrogens is 2. The number of ether oxygens (including phenoxy) is 1. The van der Waals surface area contributed by atoms with E-state index in [0.29, 0.717) is 12.2 Å². The Kier molecular flexibility index (Phi) is 5.16. The van der Waals surface area contributed by atoms with Gasteiger partial charge < -0.3 is 10.1 Å². The van der Waals surface area contributed by atoms with Gasteiger partial charge in [-0.2, -0.15) is 17.9 Å². The van der Waals surface area contributed by atoms with Gasteiger partial charge in [0.2, 0.25) is 5.88 Å². The highest BCUT2D eigenvalue weighted by Crippen LogP contribution is 2.32. The molecular formula is C19H16F3N3O2. The molecule has 1 N–H and O–H groups in total. The normalized spacial score (nSPS) is 11.3. The van der Waals surface area contributed by atoms with E-state index in [4.69, 9.17) is 4.74 Å². The number of amides is 1. The van der Waals surface area contributed by atoms with Crippen LogP contribution in [0, 0.1) is 6.92 Å². The molecule has 2 aromatic carbocycles. The molecular weight excluding hydrogens is 359 g/mol. The van der Waals surface area contributed by atoms with E-state index < -0.39 is 17.8 Å². The number of halogens is 3. The fourth-order valence-electron chi connectivity index (χ4n) is 2.41. The van der Waals surface area contributed by atoms with Crippen molar-refractivity contribution in [2.24, 2.45) is 0 Å². The van der Waals surface area contributed by atoms with E-state index in [1.165, 1.54) is 18.2 Å². The van der Waals surface area contributed by atoms with Crippen molar-refractivity contribution in [3.8, 4) is 11.6 Å². The molecule has 0 fully saturated rings. The molecule has 140 valence electrons. The molecule has 1 aromatic heterocycles. The standard InChI is InChI=1S/C19H16F3N3O2/c1-13-10-17(27-16-9-5-8-15(11-16)19(20,21)22)24-25(13)18(26)23-12-14-6-3-2-4-7-14/h2-11H,12H2,1H3,(H,23,26). The second-order valence-corrected chi connectivity index (χ2v) is 5.81. The lowest BCUT2D eigenvalue weighted by atomic mass is 10.2. The minimum atomic E-state index is -4.47. The van der Waals surface area contributed by atoms with Crippen molar-refractivity contribution < 1.29 is 22.7 Å². The van der Waals surface area contributed by atoms with Crippen LogP contribution in [-0.4, -0.2) is 15.8 Å². The fraction of sp³-hybridized carbons (Fsp3) is 0.158. The molecule has 0 saturated carbocycles. The van der Waals surface area contributed by atoms with Crippen LogP contribution in [0.5, 0.6) is 11.6 Å². The molecule has 0 radical (unpaired) electrons. The summed E-state index contributed by atoms with van der Waals surface area (Å²) in [4.78, 5) is 12.3. The maximum Gasteiger partial charge on any atom is 0.416 e. The summed E-state index contributed by atoms with van der Waals surface area (Å²) in [7, 11) is 0. The largest absolute Gasteiger partial charge is 0.438 e. The van der Waals surface area contributed by atoms with Crippen molar-refractivity contribution in [1.82, 2.24) is 15.1 Å². The summed E-state index contributed by atoms with van der Waals surface area (Å²) in [6.45, 7) is 1.97. The Balaban J connectivity index is 1.70. The van der Waals surface area contributed by atoms with E-state index in [1.54, 1.807) is 6.92 Å². The molecule has 1 amide bonds. The van der Waals surface area contributed by atoms with E-state index in [0.717, 1.165) is 22.4 Å². The Hall–Kier alpha value is -3.29. The first kappa shape index (κ1) is 18.5. The van der Waals surface area contributed by atoms with Crippen LogP contribution < -0.4 is 10.1 Å². The Bertz CT molecular complexity index is 937. The molecule has 0 aliphatic rings. The number of nitrogens with zero attached hydrogens (tertiary/aromatic N) is 2. The number of hydrogen-bond donors (Lipinski definition) is 1. The third-order valence-electron chi connectivity index (χ3n) is 3.73. The Morgan fingerprint density at radius 1 is 1.11 bits per heavy atom. The van der Waals surface area contributed by atoms with Gasteiger partial charge in [-0.05, 0) is 30.7 Å². The molecule has 0 unspecified atom stereocenters. The molecule has 8 heteroatoms. The smallest absolute Gasteiger partial charge is 0.416 e. The predicted octanol–water partition coefficient (Wildman–Crippen LogP) is 4.76. The number of carbonyl (C=O) groups is 1. The van der Waals surface area contributed by atoms with Crippen LogP contribution in [0.15, 0.2) is 60.7 Å². The van der Waals surface area contributed by atoms with Gasteiger partial charge in [0.25, 0.3) is 0 Å². The van der Waals surface area contributed by atoms with Crippen molar-refractivity contribution in [2.45, 2.75) is 19.6 Å². The quantitative estimate of drug-likeness (QED) is 0.715. The van der Waals surface area contributed by atoms with Crippen LogP contribution in [0.4, 0.5) is 18.0 Å². The molecule has 0 spiro atoms. The van der Waals surface area contributed by atoms with Crippen molar-refractivity contribution in [3.05, 3.63) is 77.5 Å². The monoisotopic (exact) mass is 375 g/mol. The Labute approximate surface area is 153 Å². The predicted molar refractivity (Wildman–Crippen MR) is 92.6 cm³/mol. The minimum Gasteiger partial charge on any atom is -0.438 e. The summed E-state index contributed by atoms with van der Waals surface area (Å²) in [6.07, 6.45) is -4.47. The Morgan fingerprint density at radius 3 is 2.56 bits per heavy atom. The van der Waals surface area contributed by atoms with Gasteiger partial charge in [0, 0.05) is 12.6 Å². The highest BCUT2D eigenvalue weighted by Gasteiger charge is 2.30. The lowest BCUT2D eigenvalue weighted by molar-refractivity contribution is -0.137. The summed E-state index contributed by atoms with van der Waals surface area (Å²) in [6, 6.07) is 14.8. The average Bonchev–Trinajstić information content (AvgIpc) is 3.00. The van der Waals surface area contributed by atoms with Gasteiger partial charge in [-0.15, -0.1) is 5.10 Å². The average molecular weight is 375 g/mol. The van der Waals surface area contributed by atoms with E-state index >= 15 is 0 Å². The summed E-state index contributed by atoms with van der Waals surface area (Å²) < 4.78 is 44.8. The lowest BCUT2D eigenvalue weighted by Crippen LogP contribution is -2.29. The SMILES string of the molecule is Cc1cc(Oc2cccc(C(F)(F)F)c2)nn1C(=O)NCc1ccccc1. The number of nitrogens with one attached hydrogen (secondary N) is 1. The van der Waals surface area contributed by atoms with Crippen LogP contribution in [0.2, 0.25) is 0 Å². The zero-order valence-corrected chi connectivity index (χ0v) is 14.3. The highest BCUT2D eigenvalue weighted by molar-refractivity contribution is 5.76. The maximum absolute atomic E-state index is 12.8. The number of aryl methyl sites for hydroxylation is 1. The van der Waals surface area contributed by atoms with Crippen molar-refractivity contribution in [2.75, 3.05) is 0 Å². The molecule has 5 nitrogen and oxygen atoms in total. The number of hydrogen-bond acceptors (Lipinski definition) is 3. The van der Waals surface area contributed by atoms with Gasteiger partial charge in [-0.3, -0.25) is 0 Å². The molecule has 0 aliphatic heterocycles. The van der Waals surface area contributed by atoms with Gasteiger partial charge >= 0.3 is 12.2 Å². The molecule has 0 atom stereocenters. The van der Waals surface area contributed by atoms with E-state index in [9.17, 15) is 18.0 Å². The van der Waals surface area contributed by atoms with Crippen molar-refractivity contribution in [3.63, 3.8) is 0 Å². The van der Waals surface area contributed by atoms with Crippen molar-refractivity contribution >= 4 is 6.03 Å². The Morgan fingerprint density at radius 2 is 1.85 bits per heavy atom. The minimum absolute atomic E-state index is 0.0147. The summed E-state index contributed by atoms with van der Waals surface area (Å²) in [5.74, 6) is 0.0147. The van der Waals surface area contributed by atoms with Crippen LogP contribution >= 0.6 is 0 Å². The first-order valence-electron chi connectivity index (χ1n) is 8.07. The highest BCUT2D eigenvalue weighted by atomic mass is 19.4. The molecule has 3 aromatic rings. The third-order valence-corrected chi connectivity index (χ3v) is 3.73. The lowest BCUT2D eigenvalue weighted by Gasteiger charge is -2.08. The summed E-state index contributed by atoms with van der Waals surface area (Å²) in [5.41, 5.74) is 0.593. The van der Waals surface area contributed by atoms with E-state index in [2.05, 4.69) is 10.4 Å². The van der Waals surface area contributed by atoms with Crippen molar-refractivity contribution in [1.29, 1.82) is 0 Å². The first-order chi connectivity index (χ1) is 12.8. The van der Waals surface area contributed by atoms with Crippen LogP contribution in [-0.2, 0) is 12.7 Å². The first-order valence-corrected chi connectivity index (χ1v) is 8.07.